The van der Waals surface area contributed by atoms with E-state index in [2.05, 4.69) is 9.71 Å². The largest absolute Gasteiger partial charge is 0.258 e. The fourth-order valence-electron chi connectivity index (χ4n) is 1.13. The molecule has 0 saturated heterocycles. The summed E-state index contributed by atoms with van der Waals surface area (Å²) in [5.41, 5.74) is 0.807. The number of hydrogen-bond donors (Lipinski definition) is 1. The summed E-state index contributed by atoms with van der Waals surface area (Å²) in [5, 5.41) is 0.0586. The van der Waals surface area contributed by atoms with Gasteiger partial charge in [0.25, 0.3) is 10.0 Å². The molecule has 1 saturated carbocycles. The first kappa shape index (κ1) is 10.9. The normalized spacial score (nSPS) is 16.6. The molecule has 82 valence electrons. The summed E-state index contributed by atoms with van der Waals surface area (Å²) in [6, 6.07) is 3.24. The maximum absolute atomic E-state index is 11.7. The molecule has 0 aliphatic heterocycles. The molecular formula is C9H11ClN2O2S. The molecule has 0 atom stereocenters. The van der Waals surface area contributed by atoms with Gasteiger partial charge in [0.15, 0.2) is 5.03 Å². The van der Waals surface area contributed by atoms with Crippen LogP contribution in [0.2, 0.25) is 0 Å². The Labute approximate surface area is 93.7 Å². The highest BCUT2D eigenvalue weighted by atomic mass is 35.5. The van der Waals surface area contributed by atoms with Gasteiger partial charge in [-0.05, 0) is 24.5 Å². The number of halogens is 1. The van der Waals surface area contributed by atoms with E-state index in [9.17, 15) is 8.42 Å². The average Bonchev–Trinajstić information content (AvgIpc) is 3.01. The number of aromatic nitrogens is 1. The number of nitrogens with one attached hydrogen (secondary N) is 1. The van der Waals surface area contributed by atoms with Crippen molar-refractivity contribution in [3.8, 4) is 0 Å². The number of alkyl halides is 1. The summed E-state index contributed by atoms with van der Waals surface area (Å²) in [7, 11) is -3.43. The van der Waals surface area contributed by atoms with Gasteiger partial charge in [-0.3, -0.25) is 0 Å². The molecule has 1 heterocycles. The van der Waals surface area contributed by atoms with Crippen LogP contribution < -0.4 is 4.72 Å². The first-order chi connectivity index (χ1) is 7.12. The lowest BCUT2D eigenvalue weighted by atomic mass is 10.3. The van der Waals surface area contributed by atoms with E-state index in [0.29, 0.717) is 5.88 Å². The van der Waals surface area contributed by atoms with Crippen molar-refractivity contribution in [2.45, 2.75) is 29.8 Å². The van der Waals surface area contributed by atoms with Crippen LogP contribution in [0.3, 0.4) is 0 Å². The minimum Gasteiger partial charge on any atom is -0.243 e. The zero-order chi connectivity index (χ0) is 10.9. The van der Waals surface area contributed by atoms with Gasteiger partial charge in [0, 0.05) is 18.1 Å². The quantitative estimate of drug-likeness (QED) is 0.814. The van der Waals surface area contributed by atoms with E-state index in [1.165, 1.54) is 12.3 Å². The van der Waals surface area contributed by atoms with Crippen molar-refractivity contribution in [1.29, 1.82) is 0 Å². The number of hydrogen-bond acceptors (Lipinski definition) is 3. The molecular weight excluding hydrogens is 236 g/mol. The summed E-state index contributed by atoms with van der Waals surface area (Å²) in [5.74, 6) is 0.337. The molecule has 1 aliphatic carbocycles. The van der Waals surface area contributed by atoms with Crippen molar-refractivity contribution in [2.24, 2.45) is 0 Å². The van der Waals surface area contributed by atoms with Crippen molar-refractivity contribution in [1.82, 2.24) is 9.71 Å². The maximum atomic E-state index is 11.7. The summed E-state index contributed by atoms with van der Waals surface area (Å²) in [6.07, 6.45) is 3.31. The molecule has 1 aliphatic rings. The molecule has 2 rings (SSSR count). The van der Waals surface area contributed by atoms with E-state index in [0.717, 1.165) is 18.4 Å². The molecule has 6 heteroatoms. The van der Waals surface area contributed by atoms with Gasteiger partial charge in [-0.15, -0.1) is 11.6 Å². The molecule has 1 N–H and O–H groups in total. The van der Waals surface area contributed by atoms with Gasteiger partial charge in [0.2, 0.25) is 0 Å². The Balaban J connectivity index is 2.19. The third-order valence-electron chi connectivity index (χ3n) is 2.13. The second-order valence-corrected chi connectivity index (χ2v) is 5.46. The standard InChI is InChI=1S/C9H11ClN2O2S/c10-5-7-1-4-9(11-6-7)15(13,14)12-8-2-3-8/h1,4,6,8,12H,2-3,5H2. The zero-order valence-electron chi connectivity index (χ0n) is 7.98. The van der Waals surface area contributed by atoms with Gasteiger partial charge < -0.3 is 0 Å². The third kappa shape index (κ3) is 2.68. The van der Waals surface area contributed by atoms with Gasteiger partial charge in [0.05, 0.1) is 0 Å². The average molecular weight is 247 g/mol. The molecule has 1 aromatic heterocycles. The van der Waals surface area contributed by atoms with Crippen LogP contribution in [-0.4, -0.2) is 19.4 Å². The van der Waals surface area contributed by atoms with Crippen molar-refractivity contribution in [3.63, 3.8) is 0 Å². The first-order valence-electron chi connectivity index (χ1n) is 4.65. The second kappa shape index (κ2) is 4.08. The molecule has 0 amide bonds. The molecule has 0 bridgehead atoms. The Morgan fingerprint density at radius 1 is 1.47 bits per heavy atom. The molecule has 1 aromatic rings. The third-order valence-corrected chi connectivity index (χ3v) is 3.87. The Hall–Kier alpha value is -0.650. The van der Waals surface area contributed by atoms with E-state index < -0.39 is 10.0 Å². The highest BCUT2D eigenvalue weighted by molar-refractivity contribution is 7.89. The van der Waals surface area contributed by atoms with Gasteiger partial charge in [0.1, 0.15) is 0 Å². The van der Waals surface area contributed by atoms with Gasteiger partial charge >= 0.3 is 0 Å². The van der Waals surface area contributed by atoms with Crippen LogP contribution in [-0.2, 0) is 15.9 Å². The molecule has 0 aromatic carbocycles. The highest BCUT2D eigenvalue weighted by Gasteiger charge is 2.28. The maximum Gasteiger partial charge on any atom is 0.258 e. The number of nitrogens with zero attached hydrogens (tertiary/aromatic N) is 1. The molecule has 0 unspecified atom stereocenters. The molecule has 1 fully saturated rings. The predicted molar refractivity (Wildman–Crippen MR) is 57.1 cm³/mol. The minimum absolute atomic E-state index is 0.0586. The van der Waals surface area contributed by atoms with Crippen molar-refractivity contribution in [3.05, 3.63) is 23.9 Å². The van der Waals surface area contributed by atoms with Crippen molar-refractivity contribution < 1.29 is 8.42 Å². The monoisotopic (exact) mass is 246 g/mol. The van der Waals surface area contributed by atoms with E-state index in [1.54, 1.807) is 6.07 Å². The van der Waals surface area contributed by atoms with Crippen LogP contribution in [0.15, 0.2) is 23.4 Å². The highest BCUT2D eigenvalue weighted by Crippen LogP contribution is 2.21. The Morgan fingerprint density at radius 3 is 2.67 bits per heavy atom. The SMILES string of the molecule is O=S(=O)(NC1CC1)c1ccc(CCl)cn1. The van der Waals surface area contributed by atoms with Crippen LogP contribution >= 0.6 is 11.6 Å². The lowest BCUT2D eigenvalue weighted by Crippen LogP contribution is -2.26. The fourth-order valence-corrected chi connectivity index (χ4v) is 2.52. The lowest BCUT2D eigenvalue weighted by molar-refractivity contribution is 0.577. The second-order valence-electron chi connectivity index (χ2n) is 3.53. The predicted octanol–water partition coefficient (Wildman–Crippen LogP) is 1.26. The van der Waals surface area contributed by atoms with E-state index >= 15 is 0 Å². The Bertz CT molecular complexity index is 440. The molecule has 4 nitrogen and oxygen atoms in total. The Kier molecular flexibility index (Phi) is 2.95. The number of pyridine rings is 1. The molecule has 0 radical (unpaired) electrons. The van der Waals surface area contributed by atoms with Crippen LogP contribution in [0.4, 0.5) is 0 Å². The fraction of sp³-hybridized carbons (Fsp3) is 0.444. The van der Waals surface area contributed by atoms with Gasteiger partial charge in [-0.1, -0.05) is 6.07 Å². The van der Waals surface area contributed by atoms with Crippen LogP contribution in [0, 0.1) is 0 Å². The van der Waals surface area contributed by atoms with Crippen LogP contribution in [0.1, 0.15) is 18.4 Å². The number of rotatable bonds is 4. The van der Waals surface area contributed by atoms with E-state index in [-0.39, 0.29) is 11.1 Å². The van der Waals surface area contributed by atoms with Crippen molar-refractivity contribution in [2.75, 3.05) is 0 Å². The molecule has 15 heavy (non-hydrogen) atoms. The minimum atomic E-state index is -3.43. The van der Waals surface area contributed by atoms with Crippen molar-refractivity contribution >= 4 is 21.6 Å². The van der Waals surface area contributed by atoms with E-state index in [4.69, 9.17) is 11.6 Å². The summed E-state index contributed by atoms with van der Waals surface area (Å²) in [6.45, 7) is 0. The smallest absolute Gasteiger partial charge is 0.243 e. The summed E-state index contributed by atoms with van der Waals surface area (Å²) < 4.78 is 25.9. The molecule has 0 spiro atoms. The zero-order valence-corrected chi connectivity index (χ0v) is 9.55. The van der Waals surface area contributed by atoms with Crippen LogP contribution in [0.25, 0.3) is 0 Å². The topological polar surface area (TPSA) is 59.1 Å². The summed E-state index contributed by atoms with van der Waals surface area (Å²) in [4.78, 5) is 3.87. The summed E-state index contributed by atoms with van der Waals surface area (Å²) >= 11 is 5.58. The van der Waals surface area contributed by atoms with Gasteiger partial charge in [-0.2, -0.15) is 0 Å². The lowest BCUT2D eigenvalue weighted by Gasteiger charge is -2.04. The van der Waals surface area contributed by atoms with Crippen LogP contribution in [0.5, 0.6) is 0 Å². The number of sulfonamides is 1. The van der Waals surface area contributed by atoms with E-state index in [1.807, 2.05) is 0 Å². The Morgan fingerprint density at radius 2 is 2.20 bits per heavy atom. The van der Waals surface area contributed by atoms with Gasteiger partial charge in [-0.25, -0.2) is 18.1 Å². The first-order valence-corrected chi connectivity index (χ1v) is 6.67.